The zero-order valence-corrected chi connectivity index (χ0v) is 10.6. The molecule has 0 spiro atoms. The van der Waals surface area contributed by atoms with Crippen LogP contribution in [0, 0.1) is 0 Å². The molecule has 0 bridgehead atoms. The van der Waals surface area contributed by atoms with Crippen molar-refractivity contribution in [1.82, 2.24) is 4.98 Å². The highest BCUT2D eigenvalue weighted by Crippen LogP contribution is 2.19. The van der Waals surface area contributed by atoms with Crippen molar-refractivity contribution in [2.45, 2.75) is 32.6 Å². The first-order chi connectivity index (χ1) is 7.75. The molecule has 0 N–H and O–H groups in total. The maximum atomic E-state index is 4.64. The molecular weight excluding hydrogens is 214 g/mol. The van der Waals surface area contributed by atoms with Gasteiger partial charge in [-0.3, -0.25) is 0 Å². The SMILES string of the molecule is CC(C)c1csc(CCc2ccccc2)n1. The Morgan fingerprint density at radius 3 is 2.50 bits per heavy atom. The molecule has 0 amide bonds. The van der Waals surface area contributed by atoms with Gasteiger partial charge in [0, 0.05) is 11.8 Å². The van der Waals surface area contributed by atoms with E-state index in [1.807, 2.05) is 0 Å². The van der Waals surface area contributed by atoms with Crippen LogP contribution in [-0.4, -0.2) is 4.98 Å². The van der Waals surface area contributed by atoms with Crippen molar-refractivity contribution in [2.75, 3.05) is 0 Å². The first kappa shape index (κ1) is 11.3. The molecule has 0 radical (unpaired) electrons. The Morgan fingerprint density at radius 1 is 1.12 bits per heavy atom. The number of thiazole rings is 1. The standard InChI is InChI=1S/C14H17NS/c1-11(2)13-10-16-14(15-13)9-8-12-6-4-3-5-7-12/h3-7,10-11H,8-9H2,1-2H3. The summed E-state index contributed by atoms with van der Waals surface area (Å²) in [5, 5.41) is 3.44. The number of nitrogens with zero attached hydrogens (tertiary/aromatic N) is 1. The third kappa shape index (κ3) is 2.92. The topological polar surface area (TPSA) is 12.9 Å². The molecule has 2 heteroatoms. The Kier molecular flexibility index (Phi) is 3.73. The largest absolute Gasteiger partial charge is 0.246 e. The van der Waals surface area contributed by atoms with Gasteiger partial charge >= 0.3 is 0 Å². The van der Waals surface area contributed by atoms with Crippen LogP contribution >= 0.6 is 11.3 Å². The molecule has 0 atom stereocenters. The molecule has 1 nitrogen and oxygen atoms in total. The van der Waals surface area contributed by atoms with Gasteiger partial charge in [0.15, 0.2) is 0 Å². The molecule has 0 aliphatic rings. The Morgan fingerprint density at radius 2 is 1.88 bits per heavy atom. The Hall–Kier alpha value is -1.15. The van der Waals surface area contributed by atoms with E-state index < -0.39 is 0 Å². The number of rotatable bonds is 4. The predicted molar refractivity (Wildman–Crippen MR) is 70.1 cm³/mol. The summed E-state index contributed by atoms with van der Waals surface area (Å²) < 4.78 is 0. The van der Waals surface area contributed by atoms with Crippen molar-refractivity contribution in [1.29, 1.82) is 0 Å². The zero-order valence-electron chi connectivity index (χ0n) is 9.81. The second-order valence-corrected chi connectivity index (χ2v) is 5.25. The highest BCUT2D eigenvalue weighted by Gasteiger charge is 2.05. The number of aryl methyl sites for hydroxylation is 2. The Bertz CT molecular complexity index is 431. The smallest absolute Gasteiger partial charge is 0.0931 e. The number of hydrogen-bond donors (Lipinski definition) is 0. The average Bonchev–Trinajstić information content (AvgIpc) is 2.76. The first-order valence-electron chi connectivity index (χ1n) is 5.74. The molecule has 0 saturated heterocycles. The van der Waals surface area contributed by atoms with E-state index in [1.165, 1.54) is 16.3 Å². The van der Waals surface area contributed by atoms with Gasteiger partial charge in [-0.25, -0.2) is 4.98 Å². The van der Waals surface area contributed by atoms with E-state index >= 15 is 0 Å². The minimum Gasteiger partial charge on any atom is -0.246 e. The Balaban J connectivity index is 1.95. The summed E-state index contributed by atoms with van der Waals surface area (Å²) >= 11 is 1.79. The molecule has 0 aliphatic heterocycles. The lowest BCUT2D eigenvalue weighted by molar-refractivity contribution is 0.816. The average molecular weight is 231 g/mol. The molecule has 84 valence electrons. The van der Waals surface area contributed by atoms with Crippen LogP contribution in [0.1, 0.15) is 36.0 Å². The van der Waals surface area contributed by atoms with Gasteiger partial charge in [-0.2, -0.15) is 0 Å². The van der Waals surface area contributed by atoms with Crippen molar-refractivity contribution in [3.8, 4) is 0 Å². The molecule has 1 aromatic carbocycles. The van der Waals surface area contributed by atoms with E-state index in [9.17, 15) is 0 Å². The Labute approximate surface area is 101 Å². The fourth-order valence-corrected chi connectivity index (χ4v) is 2.56. The fraction of sp³-hybridized carbons (Fsp3) is 0.357. The minimum atomic E-state index is 0.543. The molecule has 1 aromatic heterocycles. The molecule has 2 rings (SSSR count). The number of hydrogen-bond acceptors (Lipinski definition) is 2. The lowest BCUT2D eigenvalue weighted by Crippen LogP contribution is -1.92. The van der Waals surface area contributed by atoms with E-state index in [0.717, 1.165) is 12.8 Å². The summed E-state index contributed by atoms with van der Waals surface area (Å²) in [6.45, 7) is 4.38. The van der Waals surface area contributed by atoms with E-state index in [0.29, 0.717) is 5.92 Å². The van der Waals surface area contributed by atoms with Gasteiger partial charge in [-0.1, -0.05) is 44.2 Å². The maximum absolute atomic E-state index is 4.64. The third-order valence-electron chi connectivity index (χ3n) is 2.63. The lowest BCUT2D eigenvalue weighted by atomic mass is 10.1. The van der Waals surface area contributed by atoms with E-state index in [2.05, 4.69) is 54.5 Å². The third-order valence-corrected chi connectivity index (χ3v) is 3.56. The molecule has 0 fully saturated rings. The van der Waals surface area contributed by atoms with Gasteiger partial charge in [0.05, 0.1) is 10.7 Å². The van der Waals surface area contributed by atoms with Crippen molar-refractivity contribution in [3.05, 3.63) is 52.0 Å². The summed E-state index contributed by atoms with van der Waals surface area (Å²) in [6, 6.07) is 10.6. The molecule has 0 aliphatic carbocycles. The lowest BCUT2D eigenvalue weighted by Gasteiger charge is -1.99. The quantitative estimate of drug-likeness (QED) is 0.773. The highest BCUT2D eigenvalue weighted by atomic mass is 32.1. The fourth-order valence-electron chi connectivity index (χ4n) is 1.60. The van der Waals surface area contributed by atoms with Gasteiger partial charge < -0.3 is 0 Å². The number of benzene rings is 1. The van der Waals surface area contributed by atoms with Crippen LogP contribution in [0.2, 0.25) is 0 Å². The van der Waals surface area contributed by atoms with Gasteiger partial charge in [0.2, 0.25) is 0 Å². The van der Waals surface area contributed by atoms with Crippen LogP contribution in [0.5, 0.6) is 0 Å². The second kappa shape index (κ2) is 5.26. The molecule has 2 aromatic rings. The highest BCUT2D eigenvalue weighted by molar-refractivity contribution is 7.09. The van der Waals surface area contributed by atoms with E-state index in [4.69, 9.17) is 0 Å². The molecular formula is C14H17NS. The van der Waals surface area contributed by atoms with Crippen molar-refractivity contribution in [3.63, 3.8) is 0 Å². The summed E-state index contributed by atoms with van der Waals surface area (Å²) in [6.07, 6.45) is 2.15. The van der Waals surface area contributed by atoms with Gasteiger partial charge in [0.1, 0.15) is 0 Å². The summed E-state index contributed by atoms with van der Waals surface area (Å²) in [7, 11) is 0. The minimum absolute atomic E-state index is 0.543. The van der Waals surface area contributed by atoms with Crippen LogP contribution in [0.3, 0.4) is 0 Å². The van der Waals surface area contributed by atoms with E-state index in [-0.39, 0.29) is 0 Å². The maximum Gasteiger partial charge on any atom is 0.0931 e. The van der Waals surface area contributed by atoms with Crippen LogP contribution in [-0.2, 0) is 12.8 Å². The summed E-state index contributed by atoms with van der Waals surface area (Å²) in [5.41, 5.74) is 2.62. The first-order valence-corrected chi connectivity index (χ1v) is 6.62. The molecule has 16 heavy (non-hydrogen) atoms. The van der Waals surface area contributed by atoms with Crippen LogP contribution in [0.4, 0.5) is 0 Å². The zero-order chi connectivity index (χ0) is 11.4. The van der Waals surface area contributed by atoms with Gasteiger partial charge in [-0.15, -0.1) is 11.3 Å². The molecule has 1 heterocycles. The molecule has 0 saturated carbocycles. The van der Waals surface area contributed by atoms with Crippen LogP contribution < -0.4 is 0 Å². The monoisotopic (exact) mass is 231 g/mol. The van der Waals surface area contributed by atoms with Crippen molar-refractivity contribution in [2.24, 2.45) is 0 Å². The second-order valence-electron chi connectivity index (χ2n) is 4.31. The summed E-state index contributed by atoms with van der Waals surface area (Å²) in [4.78, 5) is 4.64. The number of aromatic nitrogens is 1. The summed E-state index contributed by atoms with van der Waals surface area (Å²) in [5.74, 6) is 0.543. The van der Waals surface area contributed by atoms with E-state index in [1.54, 1.807) is 11.3 Å². The van der Waals surface area contributed by atoms with Crippen molar-refractivity contribution >= 4 is 11.3 Å². The normalized spacial score (nSPS) is 10.9. The van der Waals surface area contributed by atoms with Gasteiger partial charge in [-0.05, 0) is 17.9 Å². The van der Waals surface area contributed by atoms with Crippen LogP contribution in [0.15, 0.2) is 35.7 Å². The van der Waals surface area contributed by atoms with Crippen molar-refractivity contribution < 1.29 is 0 Å². The molecule has 0 unspecified atom stereocenters. The van der Waals surface area contributed by atoms with Crippen LogP contribution in [0.25, 0.3) is 0 Å². The van der Waals surface area contributed by atoms with Gasteiger partial charge in [0.25, 0.3) is 0 Å². The predicted octanol–water partition coefficient (Wildman–Crippen LogP) is 4.05.